The first kappa shape index (κ1) is 35.5. The molecular weight excluding hydrogens is 757 g/mol. The largest absolute Gasteiger partial charge is 0.228 e. The van der Waals surface area contributed by atoms with E-state index in [4.69, 9.17) is 9.97 Å². The van der Waals surface area contributed by atoms with Crippen LogP contribution in [0.4, 0.5) is 0 Å². The number of fused-ring (bicyclic) bond motifs is 7. The predicted octanol–water partition coefficient (Wildman–Crippen LogP) is 15.7. The second kappa shape index (κ2) is 14.1. The van der Waals surface area contributed by atoms with Crippen molar-refractivity contribution < 1.29 is 0 Å². The lowest BCUT2D eigenvalue weighted by Gasteiger charge is -2.28. The van der Waals surface area contributed by atoms with E-state index in [1.54, 1.807) is 0 Å². The van der Waals surface area contributed by atoms with Crippen molar-refractivity contribution in [1.82, 2.24) is 9.97 Å². The first-order chi connectivity index (χ1) is 30.1. The molecule has 12 rings (SSSR count). The quantitative estimate of drug-likeness (QED) is 0.168. The monoisotopic (exact) mass is 794 g/mol. The molecule has 0 radical (unpaired) electrons. The maximum Gasteiger partial charge on any atom is 0.160 e. The van der Waals surface area contributed by atoms with Gasteiger partial charge < -0.3 is 0 Å². The highest BCUT2D eigenvalue weighted by molar-refractivity contribution is 7.25. The standard InChI is InChI=1S/C58H38N2S/c1-58(46-18-6-3-7-19-46)51-22-12-10-20-47(51)48-28-26-41(35-52(48)58)53-36-54(60-57(59-53)42-25-24-38-16-8-9-17-39(38)30-42)45-32-43(37-14-4-2-5-15-37)31-44(33-45)40-27-29-56-50(34-40)49-21-11-13-23-55(49)61-56/h2-36H,1H3. The number of benzene rings is 9. The first-order valence-electron chi connectivity index (χ1n) is 20.9. The van der Waals surface area contributed by atoms with Gasteiger partial charge in [-0.05, 0) is 122 Å². The molecule has 0 saturated heterocycles. The summed E-state index contributed by atoms with van der Waals surface area (Å²) in [5.74, 6) is 0.700. The summed E-state index contributed by atoms with van der Waals surface area (Å²) < 4.78 is 2.60. The number of hydrogen-bond acceptors (Lipinski definition) is 3. The van der Waals surface area contributed by atoms with Crippen molar-refractivity contribution >= 4 is 42.3 Å². The molecule has 0 fully saturated rings. The molecule has 2 aromatic heterocycles. The maximum atomic E-state index is 5.43. The molecule has 3 heteroatoms. The summed E-state index contributed by atoms with van der Waals surface area (Å²) in [5.41, 5.74) is 15.6. The molecule has 0 aliphatic heterocycles. The topological polar surface area (TPSA) is 25.8 Å². The smallest absolute Gasteiger partial charge is 0.160 e. The van der Waals surface area contributed by atoms with Gasteiger partial charge in [-0.2, -0.15) is 0 Å². The van der Waals surface area contributed by atoms with Gasteiger partial charge in [0.2, 0.25) is 0 Å². The zero-order chi connectivity index (χ0) is 40.5. The van der Waals surface area contributed by atoms with E-state index in [-0.39, 0.29) is 5.41 Å². The highest BCUT2D eigenvalue weighted by atomic mass is 32.1. The summed E-state index contributed by atoms with van der Waals surface area (Å²) in [6.45, 7) is 2.37. The third kappa shape index (κ3) is 5.92. The Bertz CT molecular complexity index is 3490. The second-order valence-electron chi connectivity index (χ2n) is 16.3. The van der Waals surface area contributed by atoms with E-state index in [1.807, 2.05) is 11.3 Å². The summed E-state index contributed by atoms with van der Waals surface area (Å²) in [6, 6.07) is 77.2. The molecule has 11 aromatic rings. The van der Waals surface area contributed by atoms with E-state index in [1.165, 1.54) is 58.9 Å². The molecule has 9 aromatic carbocycles. The zero-order valence-electron chi connectivity index (χ0n) is 33.5. The summed E-state index contributed by atoms with van der Waals surface area (Å²) in [7, 11) is 0. The van der Waals surface area contributed by atoms with Crippen LogP contribution in [0.5, 0.6) is 0 Å². The fourth-order valence-corrected chi connectivity index (χ4v) is 10.7. The number of rotatable bonds is 6. The van der Waals surface area contributed by atoms with Crippen LogP contribution in [-0.4, -0.2) is 9.97 Å². The normalized spacial score (nSPS) is 14.4. The zero-order valence-corrected chi connectivity index (χ0v) is 34.3. The highest BCUT2D eigenvalue weighted by Crippen LogP contribution is 2.53. The van der Waals surface area contributed by atoms with Gasteiger partial charge >= 0.3 is 0 Å². The van der Waals surface area contributed by atoms with E-state index >= 15 is 0 Å². The van der Waals surface area contributed by atoms with Crippen LogP contribution in [0.15, 0.2) is 212 Å². The molecule has 1 aliphatic carbocycles. The lowest BCUT2D eigenvalue weighted by Crippen LogP contribution is -2.22. The second-order valence-corrected chi connectivity index (χ2v) is 17.4. The lowest BCUT2D eigenvalue weighted by atomic mass is 9.74. The van der Waals surface area contributed by atoms with Gasteiger partial charge in [0.25, 0.3) is 0 Å². The SMILES string of the molecule is CC1(c2ccccc2)c2ccccc2-c2ccc(-c3cc(-c4cc(-c5ccccc5)cc(-c5ccc6sc7ccccc7c6c5)c4)nc(-c4ccc5ccccc5c4)n3)cc21. The van der Waals surface area contributed by atoms with E-state index < -0.39 is 0 Å². The van der Waals surface area contributed by atoms with Crippen LogP contribution in [0.3, 0.4) is 0 Å². The number of thiophene rings is 1. The highest BCUT2D eigenvalue weighted by Gasteiger charge is 2.40. The number of nitrogens with zero attached hydrogens (tertiary/aromatic N) is 2. The lowest BCUT2D eigenvalue weighted by molar-refractivity contribution is 0.714. The van der Waals surface area contributed by atoms with E-state index in [2.05, 4.69) is 219 Å². The molecule has 1 unspecified atom stereocenters. The third-order valence-electron chi connectivity index (χ3n) is 12.7. The van der Waals surface area contributed by atoms with Gasteiger partial charge in [-0.1, -0.05) is 158 Å². The van der Waals surface area contributed by atoms with Gasteiger partial charge in [0.15, 0.2) is 5.82 Å². The fourth-order valence-electron chi connectivity index (χ4n) is 9.58. The van der Waals surface area contributed by atoms with E-state index in [0.717, 1.165) is 50.2 Å². The molecular formula is C58H38N2S. The van der Waals surface area contributed by atoms with Crippen molar-refractivity contribution in [3.63, 3.8) is 0 Å². The Hall–Kier alpha value is -7.46. The maximum absolute atomic E-state index is 5.43. The molecule has 0 amide bonds. The Balaban J connectivity index is 1.08. The summed E-state index contributed by atoms with van der Waals surface area (Å²) in [5, 5.41) is 4.93. The Morgan fingerprint density at radius 2 is 0.984 bits per heavy atom. The molecule has 2 heterocycles. The Morgan fingerprint density at radius 3 is 1.84 bits per heavy atom. The Morgan fingerprint density at radius 1 is 0.361 bits per heavy atom. The van der Waals surface area contributed by atoms with Crippen molar-refractivity contribution in [2.24, 2.45) is 0 Å². The van der Waals surface area contributed by atoms with Crippen molar-refractivity contribution in [2.45, 2.75) is 12.3 Å². The molecule has 1 atom stereocenters. The summed E-state index contributed by atoms with van der Waals surface area (Å²) in [6.07, 6.45) is 0. The van der Waals surface area contributed by atoms with Crippen LogP contribution in [0.2, 0.25) is 0 Å². The van der Waals surface area contributed by atoms with Gasteiger partial charge in [0.05, 0.1) is 11.4 Å². The fraction of sp³-hybridized carbons (Fsp3) is 0.0345. The minimum atomic E-state index is -0.325. The average molecular weight is 795 g/mol. The number of aromatic nitrogens is 2. The molecule has 0 N–H and O–H groups in total. The van der Waals surface area contributed by atoms with Crippen LogP contribution in [-0.2, 0) is 5.41 Å². The summed E-state index contributed by atoms with van der Waals surface area (Å²) >= 11 is 1.85. The summed E-state index contributed by atoms with van der Waals surface area (Å²) in [4.78, 5) is 10.8. The third-order valence-corrected chi connectivity index (χ3v) is 13.9. The van der Waals surface area contributed by atoms with Crippen LogP contribution < -0.4 is 0 Å². The molecule has 1 aliphatic rings. The predicted molar refractivity (Wildman–Crippen MR) is 257 cm³/mol. The van der Waals surface area contributed by atoms with Gasteiger partial charge in [-0.3, -0.25) is 0 Å². The van der Waals surface area contributed by atoms with Crippen LogP contribution in [0.1, 0.15) is 23.6 Å². The Labute approximate surface area is 359 Å². The number of hydrogen-bond donors (Lipinski definition) is 0. The van der Waals surface area contributed by atoms with Crippen LogP contribution in [0, 0.1) is 0 Å². The molecule has 61 heavy (non-hydrogen) atoms. The molecule has 2 nitrogen and oxygen atoms in total. The van der Waals surface area contributed by atoms with Crippen molar-refractivity contribution in [2.75, 3.05) is 0 Å². The minimum absolute atomic E-state index is 0.325. The molecule has 0 bridgehead atoms. The first-order valence-corrected chi connectivity index (χ1v) is 21.7. The van der Waals surface area contributed by atoms with Crippen molar-refractivity contribution in [3.8, 4) is 67.3 Å². The molecule has 286 valence electrons. The minimum Gasteiger partial charge on any atom is -0.228 e. The van der Waals surface area contributed by atoms with Crippen LogP contribution >= 0.6 is 11.3 Å². The Kier molecular flexibility index (Phi) is 8.19. The molecule has 0 saturated carbocycles. The van der Waals surface area contributed by atoms with Crippen molar-refractivity contribution in [1.29, 1.82) is 0 Å². The van der Waals surface area contributed by atoms with E-state index in [0.29, 0.717) is 5.82 Å². The van der Waals surface area contributed by atoms with Gasteiger partial charge in [0.1, 0.15) is 0 Å². The van der Waals surface area contributed by atoms with Crippen LogP contribution in [0.25, 0.3) is 98.2 Å². The van der Waals surface area contributed by atoms with Gasteiger partial charge in [-0.15, -0.1) is 11.3 Å². The average Bonchev–Trinajstić information content (AvgIpc) is 3.84. The van der Waals surface area contributed by atoms with Gasteiger partial charge in [-0.25, -0.2) is 9.97 Å². The van der Waals surface area contributed by atoms with E-state index in [9.17, 15) is 0 Å². The van der Waals surface area contributed by atoms with Crippen molar-refractivity contribution in [3.05, 3.63) is 229 Å². The van der Waals surface area contributed by atoms with Gasteiger partial charge in [0, 0.05) is 42.3 Å². The molecule has 0 spiro atoms.